The Balaban J connectivity index is 2.44. The van der Waals surface area contributed by atoms with Crippen molar-refractivity contribution in [2.45, 2.75) is 33.1 Å². The number of unbranched alkanes of at least 4 members (excludes halogenated alkanes) is 1. The lowest BCUT2D eigenvalue weighted by atomic mass is 10.3. The fourth-order valence-electron chi connectivity index (χ4n) is 1.72. The van der Waals surface area contributed by atoms with Crippen molar-refractivity contribution in [2.24, 2.45) is 0 Å². The first-order valence-electron chi connectivity index (χ1n) is 7.39. The molecule has 0 radical (unpaired) electrons. The smallest absolute Gasteiger partial charge is 0.276 e. The first kappa shape index (κ1) is 17.2. The van der Waals surface area contributed by atoms with E-state index in [-0.39, 0.29) is 5.69 Å². The summed E-state index contributed by atoms with van der Waals surface area (Å²) in [7, 11) is 0. The summed E-state index contributed by atoms with van der Waals surface area (Å²) >= 11 is 0. The highest BCUT2D eigenvalue weighted by molar-refractivity contribution is 5.54. The molecule has 21 heavy (non-hydrogen) atoms. The molecular formula is C14H24N4O3. The van der Waals surface area contributed by atoms with Crippen LogP contribution >= 0.6 is 0 Å². The predicted molar refractivity (Wildman–Crippen MR) is 83.9 cm³/mol. The Kier molecular flexibility index (Phi) is 8.11. The van der Waals surface area contributed by atoms with E-state index in [1.165, 1.54) is 12.1 Å². The Morgan fingerprint density at radius 2 is 1.86 bits per heavy atom. The highest BCUT2D eigenvalue weighted by Crippen LogP contribution is 2.20. The average molecular weight is 296 g/mol. The SMILES string of the molecule is CCCCOCCCNc1cc([N+](=O)[O-])cc(NCC)n1. The van der Waals surface area contributed by atoms with E-state index in [4.69, 9.17) is 4.74 Å². The molecule has 0 aliphatic carbocycles. The molecule has 0 saturated heterocycles. The summed E-state index contributed by atoms with van der Waals surface area (Å²) < 4.78 is 5.46. The predicted octanol–water partition coefficient (Wildman–Crippen LogP) is 3.04. The van der Waals surface area contributed by atoms with Crippen LogP contribution in [0.25, 0.3) is 0 Å². The van der Waals surface area contributed by atoms with Crippen molar-refractivity contribution >= 4 is 17.3 Å². The van der Waals surface area contributed by atoms with Crippen LogP contribution in [0.1, 0.15) is 33.1 Å². The molecule has 0 amide bonds. The van der Waals surface area contributed by atoms with Gasteiger partial charge in [-0.2, -0.15) is 0 Å². The highest BCUT2D eigenvalue weighted by Gasteiger charge is 2.10. The first-order valence-corrected chi connectivity index (χ1v) is 7.39. The van der Waals surface area contributed by atoms with Crippen LogP contribution in [0.5, 0.6) is 0 Å². The van der Waals surface area contributed by atoms with Gasteiger partial charge in [0.05, 0.1) is 17.1 Å². The Morgan fingerprint density at radius 1 is 1.19 bits per heavy atom. The van der Waals surface area contributed by atoms with Crippen molar-refractivity contribution in [2.75, 3.05) is 36.9 Å². The number of aromatic nitrogens is 1. The summed E-state index contributed by atoms with van der Waals surface area (Å²) in [6.07, 6.45) is 3.04. The van der Waals surface area contributed by atoms with Crippen molar-refractivity contribution in [3.8, 4) is 0 Å². The fraction of sp³-hybridized carbons (Fsp3) is 0.643. The molecule has 1 rings (SSSR count). The van der Waals surface area contributed by atoms with Crippen molar-refractivity contribution < 1.29 is 9.66 Å². The van der Waals surface area contributed by atoms with E-state index >= 15 is 0 Å². The second-order valence-corrected chi connectivity index (χ2v) is 4.63. The molecule has 0 spiro atoms. The van der Waals surface area contributed by atoms with Crippen LogP contribution in [0.15, 0.2) is 12.1 Å². The minimum absolute atomic E-state index is 0.0302. The maximum absolute atomic E-state index is 10.9. The van der Waals surface area contributed by atoms with Gasteiger partial charge in [-0.3, -0.25) is 10.1 Å². The number of rotatable bonds is 11. The van der Waals surface area contributed by atoms with Gasteiger partial charge in [0, 0.05) is 26.3 Å². The van der Waals surface area contributed by atoms with E-state index in [1.54, 1.807) is 0 Å². The molecule has 1 heterocycles. The molecule has 1 aromatic rings. The molecule has 0 fully saturated rings. The normalized spacial score (nSPS) is 10.4. The minimum atomic E-state index is -0.415. The van der Waals surface area contributed by atoms with E-state index in [1.807, 2.05) is 6.92 Å². The van der Waals surface area contributed by atoms with Crippen LogP contribution in [0.3, 0.4) is 0 Å². The summed E-state index contributed by atoms with van der Waals surface area (Å²) in [6, 6.07) is 2.88. The first-order chi connectivity index (χ1) is 10.2. The maximum atomic E-state index is 10.9. The largest absolute Gasteiger partial charge is 0.381 e. The molecule has 7 nitrogen and oxygen atoms in total. The van der Waals surface area contributed by atoms with Crippen LogP contribution in [0.4, 0.5) is 17.3 Å². The van der Waals surface area contributed by atoms with Gasteiger partial charge in [-0.1, -0.05) is 13.3 Å². The third-order valence-electron chi connectivity index (χ3n) is 2.79. The molecule has 0 aromatic carbocycles. The summed E-state index contributed by atoms with van der Waals surface area (Å²) in [6.45, 7) is 6.85. The van der Waals surface area contributed by atoms with Crippen LogP contribution in [0, 0.1) is 10.1 Å². The topological polar surface area (TPSA) is 89.3 Å². The van der Waals surface area contributed by atoms with Crippen molar-refractivity contribution in [1.29, 1.82) is 0 Å². The molecule has 0 atom stereocenters. The summed E-state index contributed by atoms with van der Waals surface area (Å²) in [5.74, 6) is 1.02. The van der Waals surface area contributed by atoms with Crippen molar-refractivity contribution in [3.63, 3.8) is 0 Å². The fourth-order valence-corrected chi connectivity index (χ4v) is 1.72. The van der Waals surface area contributed by atoms with Crippen molar-refractivity contribution in [1.82, 2.24) is 4.98 Å². The third kappa shape index (κ3) is 6.89. The van der Waals surface area contributed by atoms with E-state index in [9.17, 15) is 10.1 Å². The highest BCUT2D eigenvalue weighted by atomic mass is 16.6. The molecule has 0 saturated carbocycles. The number of hydrogen-bond acceptors (Lipinski definition) is 6. The molecule has 7 heteroatoms. The van der Waals surface area contributed by atoms with Crippen molar-refractivity contribution in [3.05, 3.63) is 22.2 Å². The van der Waals surface area contributed by atoms with Gasteiger partial charge in [0.1, 0.15) is 11.6 Å². The minimum Gasteiger partial charge on any atom is -0.381 e. The molecule has 0 aliphatic heterocycles. The number of pyridine rings is 1. The summed E-state index contributed by atoms with van der Waals surface area (Å²) in [5.41, 5.74) is 0.0302. The summed E-state index contributed by atoms with van der Waals surface area (Å²) in [5, 5.41) is 17.0. The quantitative estimate of drug-likeness (QED) is 0.370. The van der Waals surface area contributed by atoms with Crippen LogP contribution in [-0.2, 0) is 4.74 Å². The average Bonchev–Trinajstić information content (AvgIpc) is 2.46. The lowest BCUT2D eigenvalue weighted by Crippen LogP contribution is -2.09. The van der Waals surface area contributed by atoms with Gasteiger partial charge in [-0.25, -0.2) is 4.98 Å². The molecule has 118 valence electrons. The Bertz CT molecular complexity index is 440. The molecular weight excluding hydrogens is 272 g/mol. The maximum Gasteiger partial charge on any atom is 0.276 e. The molecule has 1 aromatic heterocycles. The van der Waals surface area contributed by atoms with Gasteiger partial charge in [-0.05, 0) is 19.8 Å². The Morgan fingerprint density at radius 3 is 2.48 bits per heavy atom. The van der Waals surface area contributed by atoms with Gasteiger partial charge in [0.25, 0.3) is 5.69 Å². The molecule has 0 bridgehead atoms. The lowest BCUT2D eigenvalue weighted by molar-refractivity contribution is -0.384. The van der Waals surface area contributed by atoms with E-state index in [0.29, 0.717) is 31.3 Å². The second kappa shape index (κ2) is 9.93. The van der Waals surface area contributed by atoms with Gasteiger partial charge in [0.2, 0.25) is 0 Å². The molecule has 0 aliphatic rings. The van der Waals surface area contributed by atoms with Crippen LogP contribution in [-0.4, -0.2) is 36.2 Å². The number of nitro groups is 1. The van der Waals surface area contributed by atoms with E-state index < -0.39 is 4.92 Å². The second-order valence-electron chi connectivity index (χ2n) is 4.63. The van der Waals surface area contributed by atoms with Gasteiger partial charge >= 0.3 is 0 Å². The third-order valence-corrected chi connectivity index (χ3v) is 2.79. The monoisotopic (exact) mass is 296 g/mol. The molecule has 2 N–H and O–H groups in total. The Labute approximate surface area is 125 Å². The van der Waals surface area contributed by atoms with Gasteiger partial charge in [-0.15, -0.1) is 0 Å². The van der Waals surface area contributed by atoms with Gasteiger partial charge < -0.3 is 15.4 Å². The summed E-state index contributed by atoms with van der Waals surface area (Å²) in [4.78, 5) is 14.8. The Hall–Kier alpha value is -1.89. The lowest BCUT2D eigenvalue weighted by Gasteiger charge is -2.09. The zero-order valence-electron chi connectivity index (χ0n) is 12.7. The number of nitrogens with zero attached hydrogens (tertiary/aromatic N) is 2. The standard InChI is InChI=1S/C14H24N4O3/c1-3-5-8-21-9-6-7-16-14-11-12(18(19)20)10-13(17-14)15-4-2/h10-11H,3-9H2,1-2H3,(H2,15,16,17). The zero-order valence-corrected chi connectivity index (χ0v) is 12.7. The number of nitrogens with one attached hydrogen (secondary N) is 2. The van der Waals surface area contributed by atoms with E-state index in [0.717, 1.165) is 25.9 Å². The van der Waals surface area contributed by atoms with Crippen LogP contribution < -0.4 is 10.6 Å². The van der Waals surface area contributed by atoms with Crippen LogP contribution in [0.2, 0.25) is 0 Å². The molecule has 0 unspecified atom stereocenters. The number of ether oxygens (including phenoxy) is 1. The zero-order chi connectivity index (χ0) is 15.5. The number of anilines is 2. The number of hydrogen-bond donors (Lipinski definition) is 2. The van der Waals surface area contributed by atoms with Gasteiger partial charge in [0.15, 0.2) is 0 Å². The van der Waals surface area contributed by atoms with E-state index in [2.05, 4.69) is 22.5 Å².